The summed E-state index contributed by atoms with van der Waals surface area (Å²) in [6.45, 7) is 9.72. The highest BCUT2D eigenvalue weighted by Gasteiger charge is 2.33. The number of hydrogen-bond donors (Lipinski definition) is 1. The number of nitrogens with zero attached hydrogens (tertiary/aromatic N) is 1. The fraction of sp³-hybridized carbons (Fsp3) is 0.840. The third-order valence-electron chi connectivity index (χ3n) is 6.46. The summed E-state index contributed by atoms with van der Waals surface area (Å²) in [6.07, 6.45) is 5.21. The van der Waals surface area contributed by atoms with Crippen LogP contribution in [-0.4, -0.2) is 81.3 Å². The molecule has 0 rings (SSSR count). The van der Waals surface area contributed by atoms with Crippen molar-refractivity contribution in [2.24, 2.45) is 17.8 Å². The van der Waals surface area contributed by atoms with E-state index in [4.69, 9.17) is 18.9 Å². The molecule has 0 aliphatic carbocycles. The second-order valence-corrected chi connectivity index (χ2v) is 9.01. The summed E-state index contributed by atoms with van der Waals surface area (Å²) >= 11 is 0. The number of carbonyl (C=O) groups is 2. The summed E-state index contributed by atoms with van der Waals surface area (Å²) in [5.74, 6) is -0.370. The first-order chi connectivity index (χ1) is 15.6. The maximum absolute atomic E-state index is 12.5. The summed E-state index contributed by atoms with van der Waals surface area (Å²) in [4.78, 5) is 24.8. The van der Waals surface area contributed by atoms with Crippen molar-refractivity contribution in [1.82, 2.24) is 4.90 Å². The fourth-order valence-electron chi connectivity index (χ4n) is 3.91. The van der Waals surface area contributed by atoms with E-state index < -0.39 is 24.3 Å². The maximum atomic E-state index is 12.5. The van der Waals surface area contributed by atoms with Gasteiger partial charge < -0.3 is 29.0 Å². The zero-order valence-electron chi connectivity index (χ0n) is 22.0. The first-order valence-corrected chi connectivity index (χ1v) is 11.9. The highest BCUT2D eigenvalue weighted by Crippen LogP contribution is 2.28. The predicted molar refractivity (Wildman–Crippen MR) is 129 cm³/mol. The van der Waals surface area contributed by atoms with Gasteiger partial charge in [0.1, 0.15) is 6.10 Å². The van der Waals surface area contributed by atoms with Crippen molar-refractivity contribution in [3.63, 3.8) is 0 Å². The van der Waals surface area contributed by atoms with E-state index in [0.717, 1.165) is 12.8 Å². The van der Waals surface area contributed by atoms with E-state index in [9.17, 15) is 14.7 Å². The summed E-state index contributed by atoms with van der Waals surface area (Å²) in [6, 6.07) is 0. The lowest BCUT2D eigenvalue weighted by Gasteiger charge is -2.34. The molecule has 0 aromatic carbocycles. The molecule has 0 bridgehead atoms. The van der Waals surface area contributed by atoms with E-state index in [2.05, 4.69) is 6.92 Å². The number of methoxy groups -OCH3 is 3. The molecule has 0 heterocycles. The third kappa shape index (κ3) is 11.5. The van der Waals surface area contributed by atoms with E-state index >= 15 is 0 Å². The van der Waals surface area contributed by atoms with Crippen LogP contribution < -0.4 is 0 Å². The Balaban J connectivity index is 5.50. The molecule has 0 saturated heterocycles. The number of ether oxygens (including phenoxy) is 4. The van der Waals surface area contributed by atoms with Gasteiger partial charge in [-0.1, -0.05) is 33.8 Å². The van der Waals surface area contributed by atoms with Gasteiger partial charge in [-0.2, -0.15) is 0 Å². The molecule has 1 N–H and O–H groups in total. The molecule has 8 atom stereocenters. The molecule has 0 saturated carbocycles. The van der Waals surface area contributed by atoms with Gasteiger partial charge in [0.25, 0.3) is 0 Å². The Kier molecular flexibility index (Phi) is 16.3. The Bertz CT molecular complexity index is 571. The third-order valence-corrected chi connectivity index (χ3v) is 6.46. The van der Waals surface area contributed by atoms with Crippen molar-refractivity contribution >= 4 is 12.4 Å². The van der Waals surface area contributed by atoms with Gasteiger partial charge in [-0.15, -0.1) is 0 Å². The summed E-state index contributed by atoms with van der Waals surface area (Å²) in [5.41, 5.74) is 0. The first-order valence-electron chi connectivity index (χ1n) is 11.9. The summed E-state index contributed by atoms with van der Waals surface area (Å²) < 4.78 is 22.4. The fourth-order valence-corrected chi connectivity index (χ4v) is 3.91. The minimum absolute atomic E-state index is 0.0164. The molecule has 8 nitrogen and oxygen atoms in total. The maximum Gasteiger partial charge on any atom is 0.335 e. The van der Waals surface area contributed by atoms with Crippen LogP contribution in [0.15, 0.2) is 12.3 Å². The lowest BCUT2D eigenvalue weighted by Crippen LogP contribution is -2.40. The minimum atomic E-state index is -0.664. The normalized spacial score (nSPS) is 19.2. The smallest absolute Gasteiger partial charge is 0.335 e. The van der Waals surface area contributed by atoms with Gasteiger partial charge in [-0.05, 0) is 38.5 Å². The van der Waals surface area contributed by atoms with E-state index in [1.807, 2.05) is 26.8 Å². The highest BCUT2D eigenvalue weighted by atomic mass is 16.6. The Labute approximate surface area is 200 Å². The van der Waals surface area contributed by atoms with Crippen LogP contribution in [0.2, 0.25) is 0 Å². The van der Waals surface area contributed by atoms with Gasteiger partial charge in [-0.3, -0.25) is 4.79 Å². The summed E-state index contributed by atoms with van der Waals surface area (Å²) in [7, 11) is 6.45. The summed E-state index contributed by atoms with van der Waals surface area (Å²) in [5, 5.41) is 10.0. The number of rotatable bonds is 18. The van der Waals surface area contributed by atoms with Gasteiger partial charge in [0, 0.05) is 46.4 Å². The van der Waals surface area contributed by atoms with Crippen LogP contribution in [0.1, 0.15) is 60.3 Å². The Morgan fingerprint density at radius 3 is 2.12 bits per heavy atom. The van der Waals surface area contributed by atoms with E-state index in [1.165, 1.54) is 12.0 Å². The van der Waals surface area contributed by atoms with Crippen LogP contribution >= 0.6 is 0 Å². The number of esters is 1. The average molecular weight is 474 g/mol. The standard InChI is InChI=1S/C25H47NO7/c1-10-21(28)15-23(31-8)17(2)11-12-22(33-25(29)20(5)30-7)19(4)24(32-9)18(3)13-14-26(6)16-27/h13-14,16-24,28H,10-12,15H2,1-9H3/b14-13+/t17-,18?,19?,20+,21+,22?,23-,24+/m0/s1. The molecule has 0 aromatic rings. The molecular weight excluding hydrogens is 426 g/mol. The van der Waals surface area contributed by atoms with Gasteiger partial charge in [0.2, 0.25) is 6.41 Å². The van der Waals surface area contributed by atoms with E-state index in [0.29, 0.717) is 19.3 Å². The van der Waals surface area contributed by atoms with Crippen molar-refractivity contribution < 1.29 is 33.6 Å². The largest absolute Gasteiger partial charge is 0.460 e. The van der Waals surface area contributed by atoms with Gasteiger partial charge in [0.05, 0.1) is 18.3 Å². The SMILES string of the molecule is CC[C@@H](O)C[C@H](OC)[C@@H](C)CCC(OC(=O)[C@@H](C)OC)C(C)[C@H](OC)C(C)/C=C/N(C)C=O. The van der Waals surface area contributed by atoms with E-state index in [1.54, 1.807) is 34.4 Å². The molecule has 0 radical (unpaired) electrons. The molecule has 0 aromatic heterocycles. The second kappa shape index (κ2) is 17.0. The Hall–Kier alpha value is -1.48. The van der Waals surface area contributed by atoms with Gasteiger partial charge >= 0.3 is 5.97 Å². The number of amides is 1. The molecule has 1 amide bonds. The molecule has 3 unspecified atom stereocenters. The lowest BCUT2D eigenvalue weighted by atomic mass is 9.84. The Morgan fingerprint density at radius 2 is 1.64 bits per heavy atom. The highest BCUT2D eigenvalue weighted by molar-refractivity contribution is 5.74. The molecule has 8 heteroatoms. The van der Waals surface area contributed by atoms with Crippen LogP contribution in [-0.2, 0) is 28.5 Å². The quantitative estimate of drug-likeness (QED) is 0.241. The van der Waals surface area contributed by atoms with Crippen LogP contribution in [0.5, 0.6) is 0 Å². The number of hydrogen-bond acceptors (Lipinski definition) is 7. The van der Waals surface area contributed by atoms with Crippen LogP contribution in [0.4, 0.5) is 0 Å². The molecular formula is C25H47NO7. The average Bonchev–Trinajstić information content (AvgIpc) is 2.82. The number of aliphatic hydroxyl groups is 1. The molecule has 0 spiro atoms. The second-order valence-electron chi connectivity index (χ2n) is 9.01. The molecule has 33 heavy (non-hydrogen) atoms. The number of aliphatic hydroxyl groups excluding tert-OH is 1. The van der Waals surface area contributed by atoms with Crippen molar-refractivity contribution in [1.29, 1.82) is 0 Å². The zero-order chi connectivity index (χ0) is 25.6. The zero-order valence-corrected chi connectivity index (χ0v) is 22.0. The first kappa shape index (κ1) is 31.5. The molecule has 0 fully saturated rings. The van der Waals surface area contributed by atoms with Crippen LogP contribution in [0.25, 0.3) is 0 Å². The van der Waals surface area contributed by atoms with E-state index in [-0.39, 0.29) is 30.0 Å². The minimum Gasteiger partial charge on any atom is -0.460 e. The monoisotopic (exact) mass is 473 g/mol. The molecule has 0 aliphatic heterocycles. The van der Waals surface area contributed by atoms with Crippen molar-refractivity contribution in [2.75, 3.05) is 28.4 Å². The van der Waals surface area contributed by atoms with Gasteiger partial charge in [0.15, 0.2) is 6.10 Å². The van der Waals surface area contributed by atoms with Crippen molar-refractivity contribution in [2.45, 2.75) is 90.8 Å². The topological polar surface area (TPSA) is 94.5 Å². The lowest BCUT2D eigenvalue weighted by molar-refractivity contribution is -0.166. The predicted octanol–water partition coefficient (Wildman–Crippen LogP) is 3.41. The van der Waals surface area contributed by atoms with Crippen molar-refractivity contribution in [3.05, 3.63) is 12.3 Å². The number of carbonyl (C=O) groups excluding carboxylic acids is 2. The molecule has 194 valence electrons. The van der Waals surface area contributed by atoms with Crippen LogP contribution in [0.3, 0.4) is 0 Å². The molecule has 0 aliphatic rings. The van der Waals surface area contributed by atoms with Crippen LogP contribution in [0, 0.1) is 17.8 Å². The Morgan fingerprint density at radius 1 is 1.00 bits per heavy atom. The van der Waals surface area contributed by atoms with Gasteiger partial charge in [-0.25, -0.2) is 4.79 Å². The van der Waals surface area contributed by atoms with Crippen molar-refractivity contribution in [3.8, 4) is 0 Å².